The molecule has 0 aromatic carbocycles. The van der Waals surface area contributed by atoms with Crippen molar-refractivity contribution in [2.75, 3.05) is 23.3 Å². The summed E-state index contributed by atoms with van der Waals surface area (Å²) in [6.07, 6.45) is 7.08. The molecule has 1 saturated heterocycles. The van der Waals surface area contributed by atoms with Crippen LogP contribution in [-0.4, -0.2) is 29.1 Å². The Balaban J connectivity index is 1.74. The second kappa shape index (κ2) is 4.51. The van der Waals surface area contributed by atoms with Crippen molar-refractivity contribution in [2.24, 2.45) is 5.92 Å². The fraction of sp³-hybridized carbons (Fsp3) is 0.692. The van der Waals surface area contributed by atoms with Crippen LogP contribution < -0.4 is 10.2 Å². The summed E-state index contributed by atoms with van der Waals surface area (Å²) < 4.78 is 0. The smallest absolute Gasteiger partial charge is 0.224 e. The van der Waals surface area contributed by atoms with Gasteiger partial charge in [0, 0.05) is 25.3 Å². The molecule has 1 aromatic heterocycles. The second-order valence-electron chi connectivity index (χ2n) is 5.15. The monoisotopic (exact) mass is 232 g/mol. The van der Waals surface area contributed by atoms with E-state index in [1.54, 1.807) is 0 Å². The topological polar surface area (TPSA) is 41.1 Å². The van der Waals surface area contributed by atoms with Crippen LogP contribution in [0.15, 0.2) is 12.3 Å². The highest BCUT2D eigenvalue weighted by Crippen LogP contribution is 2.39. The van der Waals surface area contributed by atoms with Crippen molar-refractivity contribution in [1.29, 1.82) is 0 Å². The Kier molecular flexibility index (Phi) is 2.87. The van der Waals surface area contributed by atoms with Crippen LogP contribution in [0.3, 0.4) is 0 Å². The lowest BCUT2D eigenvalue weighted by atomic mass is 10.1. The van der Waals surface area contributed by atoms with Crippen molar-refractivity contribution in [3.05, 3.63) is 12.3 Å². The molecule has 1 aliphatic heterocycles. The summed E-state index contributed by atoms with van der Waals surface area (Å²) >= 11 is 0. The van der Waals surface area contributed by atoms with Crippen LogP contribution in [-0.2, 0) is 0 Å². The van der Waals surface area contributed by atoms with Crippen molar-refractivity contribution in [3.8, 4) is 0 Å². The van der Waals surface area contributed by atoms with E-state index >= 15 is 0 Å². The number of nitrogens with zero attached hydrogens (tertiary/aromatic N) is 3. The third kappa shape index (κ3) is 2.08. The van der Waals surface area contributed by atoms with E-state index in [1.807, 2.05) is 12.3 Å². The van der Waals surface area contributed by atoms with Gasteiger partial charge in [-0.3, -0.25) is 0 Å². The molecule has 1 N–H and O–H groups in total. The lowest BCUT2D eigenvalue weighted by Gasteiger charge is -2.28. The molecular formula is C13H20N4. The van der Waals surface area contributed by atoms with E-state index in [1.165, 1.54) is 25.8 Å². The lowest BCUT2D eigenvalue weighted by Crippen LogP contribution is -2.32. The number of anilines is 2. The molecule has 4 heteroatoms. The van der Waals surface area contributed by atoms with E-state index in [9.17, 15) is 0 Å². The van der Waals surface area contributed by atoms with Crippen LogP contribution in [0.5, 0.6) is 0 Å². The number of nitrogens with one attached hydrogen (secondary N) is 1. The summed E-state index contributed by atoms with van der Waals surface area (Å²) in [5, 5.41) is 3.25. The quantitative estimate of drug-likeness (QED) is 0.864. The van der Waals surface area contributed by atoms with Crippen LogP contribution >= 0.6 is 0 Å². The molecule has 1 aromatic rings. The number of fused-ring (bicyclic) bond motifs is 2. The molecule has 17 heavy (non-hydrogen) atoms. The maximum absolute atomic E-state index is 4.61. The van der Waals surface area contributed by atoms with Gasteiger partial charge in [-0.15, -0.1) is 0 Å². The molecule has 1 aliphatic carbocycles. The van der Waals surface area contributed by atoms with Gasteiger partial charge in [-0.2, -0.15) is 4.98 Å². The van der Waals surface area contributed by atoms with Gasteiger partial charge in [-0.05, 0) is 37.7 Å². The first-order valence-electron chi connectivity index (χ1n) is 6.70. The first-order valence-corrected chi connectivity index (χ1v) is 6.70. The average Bonchev–Trinajstić information content (AvgIpc) is 2.99. The summed E-state index contributed by atoms with van der Waals surface area (Å²) in [5.41, 5.74) is 0. The van der Waals surface area contributed by atoms with Crippen molar-refractivity contribution in [2.45, 2.75) is 38.6 Å². The fourth-order valence-electron chi connectivity index (χ4n) is 3.04. The molecule has 0 amide bonds. The van der Waals surface area contributed by atoms with E-state index < -0.39 is 0 Å². The predicted molar refractivity (Wildman–Crippen MR) is 69.3 cm³/mol. The van der Waals surface area contributed by atoms with Gasteiger partial charge in [-0.25, -0.2) is 4.98 Å². The highest BCUT2D eigenvalue weighted by Gasteiger charge is 2.38. The summed E-state index contributed by atoms with van der Waals surface area (Å²) in [5.74, 6) is 2.78. The van der Waals surface area contributed by atoms with Gasteiger partial charge in [0.05, 0.1) is 0 Å². The van der Waals surface area contributed by atoms with Crippen molar-refractivity contribution >= 4 is 11.8 Å². The summed E-state index contributed by atoms with van der Waals surface area (Å²) in [7, 11) is 0. The first kappa shape index (κ1) is 10.8. The third-order valence-corrected chi connectivity index (χ3v) is 3.88. The number of hydrogen-bond acceptors (Lipinski definition) is 4. The molecule has 0 spiro atoms. The van der Waals surface area contributed by atoms with E-state index in [-0.39, 0.29) is 0 Å². The second-order valence-corrected chi connectivity index (χ2v) is 5.15. The maximum atomic E-state index is 4.61. The zero-order valence-electron chi connectivity index (χ0n) is 10.4. The number of piperidine rings is 1. The van der Waals surface area contributed by atoms with Crippen LogP contribution in [0.2, 0.25) is 0 Å². The molecule has 0 radical (unpaired) electrons. The summed E-state index contributed by atoms with van der Waals surface area (Å²) in [6, 6.07) is 2.77. The SMILES string of the molecule is CCCNc1nccc(N2CC3CCC2C3)n1. The zero-order chi connectivity index (χ0) is 11.7. The number of rotatable bonds is 4. The fourth-order valence-corrected chi connectivity index (χ4v) is 3.04. The molecule has 92 valence electrons. The largest absolute Gasteiger partial charge is 0.354 e. The molecular weight excluding hydrogens is 212 g/mol. The Bertz CT molecular complexity index is 393. The minimum Gasteiger partial charge on any atom is -0.354 e. The summed E-state index contributed by atoms with van der Waals surface area (Å²) in [6.45, 7) is 4.28. The molecule has 1 saturated carbocycles. The molecule has 2 aliphatic rings. The standard InChI is InChI=1S/C13H20N4/c1-2-6-14-13-15-7-5-12(16-13)17-9-10-3-4-11(17)8-10/h5,7,10-11H,2-4,6,8-9H2,1H3,(H,14,15,16). The van der Waals surface area contributed by atoms with E-state index in [4.69, 9.17) is 0 Å². The minimum atomic E-state index is 0.730. The molecule has 3 rings (SSSR count). The Morgan fingerprint density at radius 2 is 2.41 bits per heavy atom. The van der Waals surface area contributed by atoms with Crippen LogP contribution in [0, 0.1) is 5.92 Å². The third-order valence-electron chi connectivity index (χ3n) is 3.88. The van der Waals surface area contributed by atoms with Gasteiger partial charge in [0.2, 0.25) is 5.95 Å². The predicted octanol–water partition coefficient (Wildman–Crippen LogP) is 2.29. The van der Waals surface area contributed by atoms with Crippen molar-refractivity contribution < 1.29 is 0 Å². The van der Waals surface area contributed by atoms with Gasteiger partial charge in [-0.1, -0.05) is 6.92 Å². The Labute approximate surface area is 102 Å². The first-order chi connectivity index (χ1) is 8.36. The van der Waals surface area contributed by atoms with Crippen molar-refractivity contribution in [3.63, 3.8) is 0 Å². The maximum Gasteiger partial charge on any atom is 0.224 e. The molecule has 4 nitrogen and oxygen atoms in total. The molecule has 2 fully saturated rings. The number of hydrogen-bond donors (Lipinski definition) is 1. The van der Waals surface area contributed by atoms with Crippen molar-refractivity contribution in [1.82, 2.24) is 9.97 Å². The van der Waals surface area contributed by atoms with Crippen LogP contribution in [0.25, 0.3) is 0 Å². The Hall–Kier alpha value is -1.32. The molecule has 2 atom stereocenters. The van der Waals surface area contributed by atoms with Gasteiger partial charge in [0.25, 0.3) is 0 Å². The van der Waals surface area contributed by atoms with E-state index in [2.05, 4.69) is 27.1 Å². The summed E-state index contributed by atoms with van der Waals surface area (Å²) in [4.78, 5) is 11.3. The average molecular weight is 232 g/mol. The number of aromatic nitrogens is 2. The molecule has 2 bridgehead atoms. The minimum absolute atomic E-state index is 0.730. The van der Waals surface area contributed by atoms with Crippen LogP contribution in [0.1, 0.15) is 32.6 Å². The van der Waals surface area contributed by atoms with Gasteiger partial charge in [0.1, 0.15) is 5.82 Å². The zero-order valence-corrected chi connectivity index (χ0v) is 10.4. The lowest BCUT2D eigenvalue weighted by molar-refractivity contribution is 0.550. The molecule has 2 unspecified atom stereocenters. The van der Waals surface area contributed by atoms with Gasteiger partial charge >= 0.3 is 0 Å². The highest BCUT2D eigenvalue weighted by molar-refractivity contribution is 5.45. The van der Waals surface area contributed by atoms with Crippen LogP contribution in [0.4, 0.5) is 11.8 Å². The van der Waals surface area contributed by atoms with E-state index in [0.717, 1.165) is 36.7 Å². The Morgan fingerprint density at radius 3 is 3.12 bits per heavy atom. The van der Waals surface area contributed by atoms with E-state index in [0.29, 0.717) is 0 Å². The highest BCUT2D eigenvalue weighted by atomic mass is 15.3. The molecule has 2 heterocycles. The van der Waals surface area contributed by atoms with Gasteiger partial charge < -0.3 is 10.2 Å². The normalized spacial score (nSPS) is 26.5. The van der Waals surface area contributed by atoms with Gasteiger partial charge in [0.15, 0.2) is 0 Å². The Morgan fingerprint density at radius 1 is 1.47 bits per heavy atom.